The van der Waals surface area contributed by atoms with Gasteiger partial charge in [0.1, 0.15) is 0 Å². The van der Waals surface area contributed by atoms with Crippen LogP contribution in [0.4, 0.5) is 5.69 Å². The smallest absolute Gasteiger partial charge is 0.0639 e. The van der Waals surface area contributed by atoms with Crippen molar-refractivity contribution in [1.82, 2.24) is 4.90 Å². The van der Waals surface area contributed by atoms with Crippen LogP contribution in [0.2, 0.25) is 5.02 Å². The van der Waals surface area contributed by atoms with E-state index in [0.717, 1.165) is 36.5 Å². The number of unbranched alkanes of at least 4 members (excludes halogenated alkanes) is 1. The summed E-state index contributed by atoms with van der Waals surface area (Å²) in [7, 11) is 0. The predicted molar refractivity (Wildman–Crippen MR) is 83.1 cm³/mol. The molecular formula is C14H20BrClN2. The van der Waals surface area contributed by atoms with Crippen molar-refractivity contribution in [2.45, 2.75) is 12.8 Å². The lowest BCUT2D eigenvalue weighted by molar-refractivity contribution is 0.254. The van der Waals surface area contributed by atoms with Crippen LogP contribution in [0.5, 0.6) is 0 Å². The molecule has 0 aromatic heterocycles. The maximum absolute atomic E-state index is 6.24. The van der Waals surface area contributed by atoms with Crippen LogP contribution in [0.3, 0.4) is 0 Å². The topological polar surface area (TPSA) is 6.48 Å². The first-order valence-corrected chi connectivity index (χ1v) is 8.09. The van der Waals surface area contributed by atoms with Crippen LogP contribution in [0.25, 0.3) is 0 Å². The van der Waals surface area contributed by atoms with E-state index in [-0.39, 0.29) is 0 Å². The highest BCUT2D eigenvalue weighted by Gasteiger charge is 2.17. The quantitative estimate of drug-likeness (QED) is 0.600. The number of piperazine rings is 1. The van der Waals surface area contributed by atoms with Gasteiger partial charge in [-0.25, -0.2) is 0 Å². The maximum Gasteiger partial charge on any atom is 0.0639 e. The summed E-state index contributed by atoms with van der Waals surface area (Å²) in [4.78, 5) is 4.94. The minimum absolute atomic E-state index is 0.866. The van der Waals surface area contributed by atoms with Gasteiger partial charge in [0, 0.05) is 31.5 Å². The predicted octanol–water partition coefficient (Wildman–Crippen LogP) is 3.64. The maximum atomic E-state index is 6.24. The standard InChI is InChI=1S/C14H20BrClN2/c15-7-3-4-8-17-9-11-18(12-10-17)14-6-2-1-5-13(14)16/h1-2,5-6H,3-4,7-12H2. The summed E-state index contributed by atoms with van der Waals surface area (Å²) in [6, 6.07) is 8.13. The highest BCUT2D eigenvalue weighted by molar-refractivity contribution is 9.09. The molecule has 0 aliphatic carbocycles. The summed E-state index contributed by atoms with van der Waals surface area (Å²) in [5.74, 6) is 0. The fourth-order valence-electron chi connectivity index (χ4n) is 2.35. The van der Waals surface area contributed by atoms with E-state index >= 15 is 0 Å². The van der Waals surface area contributed by atoms with E-state index in [2.05, 4.69) is 37.9 Å². The molecule has 1 heterocycles. The zero-order chi connectivity index (χ0) is 12.8. The van der Waals surface area contributed by atoms with Crippen LogP contribution < -0.4 is 4.90 Å². The van der Waals surface area contributed by atoms with Crippen LogP contribution in [0.1, 0.15) is 12.8 Å². The molecule has 18 heavy (non-hydrogen) atoms. The zero-order valence-electron chi connectivity index (χ0n) is 10.6. The van der Waals surface area contributed by atoms with E-state index < -0.39 is 0 Å². The zero-order valence-corrected chi connectivity index (χ0v) is 13.0. The van der Waals surface area contributed by atoms with Crippen molar-refractivity contribution in [3.8, 4) is 0 Å². The lowest BCUT2D eigenvalue weighted by Gasteiger charge is -2.36. The Labute approximate surface area is 123 Å². The minimum atomic E-state index is 0.866. The van der Waals surface area contributed by atoms with Crippen LogP contribution >= 0.6 is 27.5 Å². The Bertz CT molecular complexity index is 365. The van der Waals surface area contributed by atoms with Gasteiger partial charge in [-0.3, -0.25) is 4.90 Å². The van der Waals surface area contributed by atoms with Crippen LogP contribution in [0, 0.1) is 0 Å². The molecule has 4 heteroatoms. The van der Waals surface area contributed by atoms with Gasteiger partial charge in [0.15, 0.2) is 0 Å². The second-order valence-corrected chi connectivity index (χ2v) is 5.88. The van der Waals surface area contributed by atoms with Crippen LogP contribution in [-0.4, -0.2) is 43.0 Å². The largest absolute Gasteiger partial charge is 0.368 e. The molecule has 0 saturated carbocycles. The average Bonchev–Trinajstić information content (AvgIpc) is 2.41. The van der Waals surface area contributed by atoms with Gasteiger partial charge in [-0.15, -0.1) is 0 Å². The summed E-state index contributed by atoms with van der Waals surface area (Å²) < 4.78 is 0. The van der Waals surface area contributed by atoms with Crippen molar-refractivity contribution in [1.29, 1.82) is 0 Å². The Hall–Kier alpha value is -0.250. The summed E-state index contributed by atoms with van der Waals surface area (Å²) in [6.45, 7) is 5.68. The molecule has 0 spiro atoms. The second kappa shape index (κ2) is 7.37. The van der Waals surface area contributed by atoms with Crippen LogP contribution in [-0.2, 0) is 0 Å². The third kappa shape index (κ3) is 3.87. The second-order valence-electron chi connectivity index (χ2n) is 4.68. The fraction of sp³-hybridized carbons (Fsp3) is 0.571. The first-order valence-electron chi connectivity index (χ1n) is 6.59. The van der Waals surface area contributed by atoms with Gasteiger partial charge in [-0.1, -0.05) is 39.7 Å². The van der Waals surface area contributed by atoms with Crippen molar-refractivity contribution < 1.29 is 0 Å². The van der Waals surface area contributed by atoms with Gasteiger partial charge in [0.2, 0.25) is 0 Å². The van der Waals surface area contributed by atoms with E-state index in [9.17, 15) is 0 Å². The highest BCUT2D eigenvalue weighted by atomic mass is 79.9. The first-order chi connectivity index (χ1) is 8.81. The van der Waals surface area contributed by atoms with Gasteiger partial charge in [0.05, 0.1) is 10.7 Å². The normalized spacial score (nSPS) is 17.1. The van der Waals surface area contributed by atoms with Crippen molar-refractivity contribution in [3.05, 3.63) is 29.3 Å². The number of benzene rings is 1. The van der Waals surface area contributed by atoms with Crippen molar-refractivity contribution in [2.75, 3.05) is 43.0 Å². The third-order valence-corrected chi connectivity index (χ3v) is 4.30. The number of para-hydroxylation sites is 1. The van der Waals surface area contributed by atoms with E-state index in [1.807, 2.05) is 12.1 Å². The Balaban J connectivity index is 1.81. The molecule has 1 aromatic rings. The van der Waals surface area contributed by atoms with Crippen molar-refractivity contribution in [2.24, 2.45) is 0 Å². The Morgan fingerprint density at radius 3 is 2.44 bits per heavy atom. The van der Waals surface area contributed by atoms with E-state index in [0.29, 0.717) is 0 Å². The molecule has 0 atom stereocenters. The summed E-state index contributed by atoms with van der Waals surface area (Å²) >= 11 is 9.72. The Morgan fingerprint density at radius 2 is 1.78 bits per heavy atom. The molecule has 1 aliphatic heterocycles. The summed E-state index contributed by atoms with van der Waals surface area (Å²) in [5, 5.41) is 1.98. The molecule has 0 amide bonds. The third-order valence-electron chi connectivity index (χ3n) is 3.42. The SMILES string of the molecule is Clc1ccccc1N1CCN(CCCCBr)CC1. The van der Waals surface area contributed by atoms with Gasteiger partial charge in [-0.2, -0.15) is 0 Å². The molecule has 100 valence electrons. The average molecular weight is 332 g/mol. The lowest BCUT2D eigenvalue weighted by atomic mass is 10.2. The number of hydrogen-bond donors (Lipinski definition) is 0. The molecular weight excluding hydrogens is 312 g/mol. The fourth-order valence-corrected chi connectivity index (χ4v) is 3.00. The molecule has 1 fully saturated rings. The van der Waals surface area contributed by atoms with E-state index in [1.54, 1.807) is 0 Å². The molecule has 1 saturated heterocycles. The molecule has 0 radical (unpaired) electrons. The molecule has 0 unspecified atom stereocenters. The lowest BCUT2D eigenvalue weighted by Crippen LogP contribution is -2.46. The Morgan fingerprint density at radius 1 is 1.06 bits per heavy atom. The number of hydrogen-bond acceptors (Lipinski definition) is 2. The summed E-state index contributed by atoms with van der Waals surface area (Å²) in [5.41, 5.74) is 1.18. The van der Waals surface area contributed by atoms with Gasteiger partial charge in [-0.05, 0) is 31.5 Å². The summed E-state index contributed by atoms with van der Waals surface area (Å²) in [6.07, 6.45) is 2.56. The molecule has 2 rings (SSSR count). The Kier molecular flexibility index (Phi) is 5.80. The van der Waals surface area contributed by atoms with Crippen molar-refractivity contribution >= 4 is 33.2 Å². The van der Waals surface area contributed by atoms with E-state index in [1.165, 1.54) is 25.1 Å². The van der Waals surface area contributed by atoms with Crippen molar-refractivity contribution in [3.63, 3.8) is 0 Å². The van der Waals surface area contributed by atoms with E-state index in [4.69, 9.17) is 11.6 Å². The molecule has 1 aliphatic rings. The van der Waals surface area contributed by atoms with Gasteiger partial charge < -0.3 is 4.90 Å². The monoisotopic (exact) mass is 330 g/mol. The van der Waals surface area contributed by atoms with Gasteiger partial charge in [0.25, 0.3) is 0 Å². The number of nitrogens with zero attached hydrogens (tertiary/aromatic N) is 2. The minimum Gasteiger partial charge on any atom is -0.368 e. The molecule has 2 nitrogen and oxygen atoms in total. The van der Waals surface area contributed by atoms with Crippen LogP contribution in [0.15, 0.2) is 24.3 Å². The highest BCUT2D eigenvalue weighted by Crippen LogP contribution is 2.25. The molecule has 0 bridgehead atoms. The number of alkyl halides is 1. The molecule has 0 N–H and O–H groups in total. The van der Waals surface area contributed by atoms with Gasteiger partial charge >= 0.3 is 0 Å². The first kappa shape index (κ1) is 14.2. The number of anilines is 1. The molecule has 1 aromatic carbocycles. The number of halogens is 2. The number of rotatable bonds is 5.